The van der Waals surface area contributed by atoms with Gasteiger partial charge in [0, 0.05) is 17.5 Å². The topological polar surface area (TPSA) is 42.9 Å². The van der Waals surface area contributed by atoms with Crippen LogP contribution >= 0.6 is 0 Å². The molecular weight excluding hydrogens is 293 g/mol. The van der Waals surface area contributed by atoms with Gasteiger partial charge in [0.1, 0.15) is 0 Å². The number of aromatic nitrogens is 2. The summed E-state index contributed by atoms with van der Waals surface area (Å²) >= 11 is 0. The van der Waals surface area contributed by atoms with Gasteiger partial charge in [0.25, 0.3) is 0 Å². The van der Waals surface area contributed by atoms with Gasteiger partial charge in [0.15, 0.2) is 5.78 Å². The zero-order valence-electron chi connectivity index (χ0n) is 11.8. The van der Waals surface area contributed by atoms with Gasteiger partial charge in [-0.3, -0.25) is 4.79 Å². The van der Waals surface area contributed by atoms with Crippen LogP contribution in [-0.2, 0) is 12.6 Å². The monoisotopic (exact) mass is 306 g/mol. The number of Topliss-reactive ketones (excluding diaryl/α,β-unsaturated/α-hetero) is 1. The molecule has 1 aliphatic carbocycles. The van der Waals surface area contributed by atoms with Crippen LogP contribution in [-0.4, -0.2) is 16.0 Å². The minimum Gasteiger partial charge on any atom is -0.294 e. The predicted octanol–water partition coefficient (Wildman–Crippen LogP) is 3.93. The lowest BCUT2D eigenvalue weighted by atomic mass is 9.87. The number of carbonyl (C=O) groups excluding carboxylic acids is 1. The fraction of sp³-hybridized carbons (Fsp3) is 0.312. The zero-order valence-corrected chi connectivity index (χ0v) is 11.8. The molecule has 0 radical (unpaired) electrons. The van der Waals surface area contributed by atoms with E-state index in [-0.39, 0.29) is 17.4 Å². The van der Waals surface area contributed by atoms with E-state index in [1.54, 1.807) is 6.07 Å². The van der Waals surface area contributed by atoms with Crippen molar-refractivity contribution in [3.05, 3.63) is 47.2 Å². The van der Waals surface area contributed by atoms with E-state index in [0.717, 1.165) is 12.1 Å². The molecule has 0 fully saturated rings. The van der Waals surface area contributed by atoms with Gasteiger partial charge in [0.2, 0.25) is 0 Å². The van der Waals surface area contributed by atoms with Crippen LogP contribution in [0.15, 0.2) is 30.3 Å². The van der Waals surface area contributed by atoms with Gasteiger partial charge in [-0.2, -0.15) is 23.4 Å². The third kappa shape index (κ3) is 2.73. The van der Waals surface area contributed by atoms with E-state index in [4.69, 9.17) is 0 Å². The Morgan fingerprint density at radius 2 is 1.91 bits per heavy atom. The zero-order chi connectivity index (χ0) is 15.9. The Bertz CT molecular complexity index is 740. The first-order valence-corrected chi connectivity index (χ1v) is 6.92. The highest BCUT2D eigenvalue weighted by atomic mass is 19.4. The normalized spacial score (nSPS) is 18.2. The van der Waals surface area contributed by atoms with Crippen molar-refractivity contribution in [3.8, 4) is 11.3 Å². The Morgan fingerprint density at radius 1 is 1.14 bits per heavy atom. The second-order valence-electron chi connectivity index (χ2n) is 5.61. The Hall–Kier alpha value is -2.24. The van der Waals surface area contributed by atoms with Crippen molar-refractivity contribution in [1.82, 2.24) is 10.2 Å². The number of nitrogens with zero attached hydrogens (tertiary/aromatic N) is 2. The SMILES string of the molecule is CC1CC(=O)c2cc(-c3cccc(C(F)(F)F)c3)nnc2C1. The van der Waals surface area contributed by atoms with E-state index in [2.05, 4.69) is 10.2 Å². The van der Waals surface area contributed by atoms with Crippen LogP contribution in [0, 0.1) is 5.92 Å². The molecule has 0 N–H and O–H groups in total. The fourth-order valence-electron chi connectivity index (χ4n) is 2.63. The number of carbonyl (C=O) groups is 1. The molecule has 0 amide bonds. The Kier molecular flexibility index (Phi) is 3.47. The van der Waals surface area contributed by atoms with Gasteiger partial charge >= 0.3 is 6.18 Å². The lowest BCUT2D eigenvalue weighted by Crippen LogP contribution is -2.20. The molecule has 3 rings (SSSR count). The minimum atomic E-state index is -4.41. The number of benzene rings is 1. The maximum Gasteiger partial charge on any atom is 0.416 e. The van der Waals surface area contributed by atoms with Crippen LogP contribution in [0.3, 0.4) is 0 Å². The minimum absolute atomic E-state index is 0.0307. The fourth-order valence-corrected chi connectivity index (χ4v) is 2.63. The van der Waals surface area contributed by atoms with Gasteiger partial charge in [-0.15, -0.1) is 0 Å². The molecule has 22 heavy (non-hydrogen) atoms. The first kappa shape index (κ1) is 14.7. The number of halogens is 3. The average Bonchev–Trinajstić information content (AvgIpc) is 2.46. The summed E-state index contributed by atoms with van der Waals surface area (Å²) in [4.78, 5) is 12.1. The number of ketones is 1. The Labute approximate surface area is 125 Å². The molecule has 0 saturated carbocycles. The average molecular weight is 306 g/mol. The number of fused-ring (bicyclic) bond motifs is 1. The molecule has 1 atom stereocenters. The first-order chi connectivity index (χ1) is 10.3. The van der Waals surface area contributed by atoms with Crippen molar-refractivity contribution in [1.29, 1.82) is 0 Å². The van der Waals surface area contributed by atoms with Crippen LogP contribution in [0.1, 0.15) is 35.0 Å². The summed E-state index contributed by atoms with van der Waals surface area (Å²) < 4.78 is 38.3. The van der Waals surface area contributed by atoms with Gasteiger partial charge in [0.05, 0.1) is 17.0 Å². The van der Waals surface area contributed by atoms with Crippen molar-refractivity contribution in [2.75, 3.05) is 0 Å². The van der Waals surface area contributed by atoms with E-state index < -0.39 is 11.7 Å². The van der Waals surface area contributed by atoms with Gasteiger partial charge in [-0.25, -0.2) is 0 Å². The summed E-state index contributed by atoms with van der Waals surface area (Å²) in [6.45, 7) is 1.96. The molecule has 1 aliphatic rings. The molecule has 114 valence electrons. The maximum absolute atomic E-state index is 12.8. The van der Waals surface area contributed by atoms with E-state index in [1.807, 2.05) is 6.92 Å². The van der Waals surface area contributed by atoms with Crippen LogP contribution in [0.2, 0.25) is 0 Å². The van der Waals surface area contributed by atoms with Gasteiger partial charge in [-0.05, 0) is 30.5 Å². The molecule has 0 bridgehead atoms. The standard InChI is InChI=1S/C16H13F3N2O/c1-9-5-14-12(15(22)6-9)8-13(20-21-14)10-3-2-4-11(7-10)16(17,18)19/h2-4,7-9H,5-6H2,1H3. The summed E-state index contributed by atoms with van der Waals surface area (Å²) in [6, 6.07) is 6.42. The number of alkyl halides is 3. The van der Waals surface area contributed by atoms with E-state index in [9.17, 15) is 18.0 Å². The van der Waals surface area contributed by atoms with Crippen LogP contribution < -0.4 is 0 Å². The Balaban J connectivity index is 2.04. The summed E-state index contributed by atoms with van der Waals surface area (Å²) in [5, 5.41) is 8.02. The van der Waals surface area contributed by atoms with Crippen molar-refractivity contribution in [2.45, 2.75) is 25.9 Å². The molecular formula is C16H13F3N2O. The quantitative estimate of drug-likeness (QED) is 0.802. The van der Waals surface area contributed by atoms with Crippen LogP contribution in [0.25, 0.3) is 11.3 Å². The Morgan fingerprint density at radius 3 is 2.64 bits per heavy atom. The van der Waals surface area contributed by atoms with Crippen LogP contribution in [0.4, 0.5) is 13.2 Å². The summed E-state index contributed by atoms with van der Waals surface area (Å²) in [5.41, 5.74) is 0.939. The second-order valence-corrected chi connectivity index (χ2v) is 5.61. The number of rotatable bonds is 1. The van der Waals surface area contributed by atoms with E-state index in [0.29, 0.717) is 29.7 Å². The summed E-state index contributed by atoms with van der Waals surface area (Å²) in [7, 11) is 0. The molecule has 1 heterocycles. The number of hydrogen-bond acceptors (Lipinski definition) is 3. The smallest absolute Gasteiger partial charge is 0.294 e. The lowest BCUT2D eigenvalue weighted by Gasteiger charge is -2.19. The molecule has 1 aromatic heterocycles. The largest absolute Gasteiger partial charge is 0.416 e. The second kappa shape index (κ2) is 5.19. The number of hydrogen-bond donors (Lipinski definition) is 0. The molecule has 0 spiro atoms. The molecule has 2 aromatic rings. The highest BCUT2D eigenvalue weighted by Crippen LogP contribution is 2.32. The molecule has 1 aromatic carbocycles. The third-order valence-corrected chi connectivity index (χ3v) is 3.73. The van der Waals surface area contributed by atoms with Gasteiger partial charge < -0.3 is 0 Å². The predicted molar refractivity (Wildman–Crippen MR) is 74.3 cm³/mol. The van der Waals surface area contributed by atoms with Crippen molar-refractivity contribution < 1.29 is 18.0 Å². The summed E-state index contributed by atoms with van der Waals surface area (Å²) in [5.74, 6) is 0.186. The highest BCUT2D eigenvalue weighted by molar-refractivity contribution is 5.98. The van der Waals surface area contributed by atoms with E-state index >= 15 is 0 Å². The van der Waals surface area contributed by atoms with Crippen molar-refractivity contribution in [3.63, 3.8) is 0 Å². The maximum atomic E-state index is 12.8. The third-order valence-electron chi connectivity index (χ3n) is 3.73. The van der Waals surface area contributed by atoms with Crippen molar-refractivity contribution in [2.24, 2.45) is 5.92 Å². The highest BCUT2D eigenvalue weighted by Gasteiger charge is 2.31. The molecule has 3 nitrogen and oxygen atoms in total. The van der Waals surface area contributed by atoms with E-state index in [1.165, 1.54) is 12.1 Å². The van der Waals surface area contributed by atoms with Crippen LogP contribution in [0.5, 0.6) is 0 Å². The molecule has 0 aliphatic heterocycles. The van der Waals surface area contributed by atoms with Crippen molar-refractivity contribution >= 4 is 5.78 Å². The molecule has 0 saturated heterocycles. The molecule has 6 heteroatoms. The lowest BCUT2D eigenvalue weighted by molar-refractivity contribution is -0.137. The molecule has 1 unspecified atom stereocenters. The van der Waals surface area contributed by atoms with Gasteiger partial charge in [-0.1, -0.05) is 19.1 Å². The first-order valence-electron chi connectivity index (χ1n) is 6.92. The summed E-state index contributed by atoms with van der Waals surface area (Å²) in [6.07, 6.45) is -3.32.